The lowest BCUT2D eigenvalue weighted by molar-refractivity contribution is -0.139. The molecule has 1 rings (SSSR count). The summed E-state index contributed by atoms with van der Waals surface area (Å²) in [6.07, 6.45) is 1.59. The number of carbonyl (C=O) groups is 3. The van der Waals surface area contributed by atoms with Crippen molar-refractivity contribution in [1.82, 2.24) is 4.90 Å². The fourth-order valence-corrected chi connectivity index (χ4v) is 1.36. The lowest BCUT2D eigenvalue weighted by Crippen LogP contribution is -2.30. The third kappa shape index (κ3) is 2.43. The van der Waals surface area contributed by atoms with Crippen molar-refractivity contribution in [3.05, 3.63) is 11.6 Å². The van der Waals surface area contributed by atoms with E-state index >= 15 is 0 Å². The molecule has 1 unspecified atom stereocenters. The largest absolute Gasteiger partial charge is 0.478 e. The molecule has 5 nitrogen and oxygen atoms in total. The summed E-state index contributed by atoms with van der Waals surface area (Å²) in [4.78, 5) is 34.3. The summed E-state index contributed by atoms with van der Waals surface area (Å²) in [6.45, 7) is 3.17. The van der Waals surface area contributed by atoms with Crippen molar-refractivity contribution in [1.29, 1.82) is 0 Å². The predicted octanol–water partition coefficient (Wildman–Crippen LogP) is 0.412. The maximum absolute atomic E-state index is 11.4. The number of likely N-dealkylation sites (tertiary alicyclic amines) is 1. The molecule has 1 aliphatic heterocycles. The van der Waals surface area contributed by atoms with Gasteiger partial charge in [0.25, 0.3) is 0 Å². The van der Waals surface area contributed by atoms with Crippen LogP contribution in [0.25, 0.3) is 0 Å². The van der Waals surface area contributed by atoms with Crippen molar-refractivity contribution in [2.75, 3.05) is 6.54 Å². The van der Waals surface area contributed by atoms with Crippen LogP contribution in [0.4, 0.5) is 0 Å². The Bertz CT molecular complexity index is 345. The molecule has 0 aromatic heterocycles. The minimum Gasteiger partial charge on any atom is -0.478 e. The monoisotopic (exact) mass is 211 g/mol. The molecule has 2 amide bonds. The fourth-order valence-electron chi connectivity index (χ4n) is 1.36. The molecule has 1 fully saturated rings. The summed E-state index contributed by atoms with van der Waals surface area (Å²) in [6, 6.07) is 0. The van der Waals surface area contributed by atoms with Gasteiger partial charge in [-0.1, -0.05) is 13.0 Å². The van der Waals surface area contributed by atoms with Crippen LogP contribution in [-0.2, 0) is 14.4 Å². The van der Waals surface area contributed by atoms with Crippen LogP contribution in [0, 0.1) is 5.92 Å². The van der Waals surface area contributed by atoms with Crippen LogP contribution in [-0.4, -0.2) is 34.3 Å². The van der Waals surface area contributed by atoms with Crippen LogP contribution >= 0.6 is 0 Å². The van der Waals surface area contributed by atoms with Crippen LogP contribution in [0.3, 0.4) is 0 Å². The molecule has 0 aromatic carbocycles. The Morgan fingerprint density at radius 2 is 2.20 bits per heavy atom. The van der Waals surface area contributed by atoms with Gasteiger partial charge in [-0.25, -0.2) is 4.79 Å². The zero-order chi connectivity index (χ0) is 11.6. The maximum Gasteiger partial charge on any atom is 0.331 e. The van der Waals surface area contributed by atoms with Gasteiger partial charge >= 0.3 is 5.97 Å². The van der Waals surface area contributed by atoms with Gasteiger partial charge < -0.3 is 5.11 Å². The van der Waals surface area contributed by atoms with Gasteiger partial charge in [0.15, 0.2) is 0 Å². The quantitative estimate of drug-likeness (QED) is 0.542. The van der Waals surface area contributed by atoms with E-state index in [1.165, 1.54) is 13.0 Å². The van der Waals surface area contributed by atoms with Crippen LogP contribution in [0.5, 0.6) is 0 Å². The lowest BCUT2D eigenvalue weighted by Gasteiger charge is -2.11. The topological polar surface area (TPSA) is 74.7 Å². The molecule has 1 N–H and O–H groups in total. The van der Waals surface area contributed by atoms with E-state index < -0.39 is 5.97 Å². The number of aliphatic carboxylic acids is 1. The highest BCUT2D eigenvalue weighted by molar-refractivity contribution is 6.03. The minimum absolute atomic E-state index is 0.0557. The Balaban J connectivity index is 2.67. The number of carboxylic acid groups (broad SMARTS) is 1. The molecule has 82 valence electrons. The van der Waals surface area contributed by atoms with Gasteiger partial charge in [0.05, 0.1) is 0 Å². The molecule has 1 atom stereocenters. The van der Waals surface area contributed by atoms with E-state index in [0.717, 1.165) is 4.90 Å². The number of imide groups is 1. The molecule has 5 heteroatoms. The van der Waals surface area contributed by atoms with Gasteiger partial charge in [-0.05, 0) is 6.92 Å². The van der Waals surface area contributed by atoms with Gasteiger partial charge in [0.1, 0.15) is 0 Å². The summed E-state index contributed by atoms with van der Waals surface area (Å²) in [7, 11) is 0. The normalized spacial score (nSPS) is 22.4. The van der Waals surface area contributed by atoms with Crippen molar-refractivity contribution < 1.29 is 19.5 Å². The average molecular weight is 211 g/mol. The predicted molar refractivity (Wildman–Crippen MR) is 51.9 cm³/mol. The second-order valence-electron chi connectivity index (χ2n) is 3.64. The highest BCUT2D eigenvalue weighted by atomic mass is 16.4. The van der Waals surface area contributed by atoms with Gasteiger partial charge in [-0.3, -0.25) is 14.5 Å². The van der Waals surface area contributed by atoms with Gasteiger partial charge in [0.2, 0.25) is 11.8 Å². The minimum atomic E-state index is -1.04. The van der Waals surface area contributed by atoms with E-state index in [9.17, 15) is 14.4 Å². The zero-order valence-electron chi connectivity index (χ0n) is 8.69. The van der Waals surface area contributed by atoms with Crippen molar-refractivity contribution in [2.24, 2.45) is 5.92 Å². The molecular weight excluding hydrogens is 198 g/mol. The van der Waals surface area contributed by atoms with Crippen molar-refractivity contribution in [2.45, 2.75) is 20.3 Å². The Kier molecular flexibility index (Phi) is 3.24. The summed E-state index contributed by atoms with van der Waals surface area (Å²) in [5.74, 6) is -1.78. The number of carboxylic acids is 1. The lowest BCUT2D eigenvalue weighted by atomic mass is 10.1. The molecular formula is C10H13NO4. The molecule has 0 spiro atoms. The van der Waals surface area contributed by atoms with E-state index in [1.54, 1.807) is 6.92 Å². The van der Waals surface area contributed by atoms with Gasteiger partial charge in [-0.2, -0.15) is 0 Å². The van der Waals surface area contributed by atoms with Crippen molar-refractivity contribution in [3.8, 4) is 0 Å². The number of carbonyl (C=O) groups excluding carboxylic acids is 2. The highest BCUT2D eigenvalue weighted by Crippen LogP contribution is 2.18. The number of nitrogens with zero attached hydrogens (tertiary/aromatic N) is 1. The van der Waals surface area contributed by atoms with E-state index in [-0.39, 0.29) is 36.3 Å². The first-order chi connectivity index (χ1) is 6.93. The molecule has 1 heterocycles. The molecule has 0 bridgehead atoms. The second-order valence-corrected chi connectivity index (χ2v) is 3.64. The summed E-state index contributed by atoms with van der Waals surface area (Å²) in [5, 5.41) is 8.58. The average Bonchev–Trinajstić information content (AvgIpc) is 2.38. The summed E-state index contributed by atoms with van der Waals surface area (Å²) >= 11 is 0. The van der Waals surface area contributed by atoms with E-state index in [0.29, 0.717) is 0 Å². The third-order valence-electron chi connectivity index (χ3n) is 2.39. The van der Waals surface area contributed by atoms with Crippen molar-refractivity contribution >= 4 is 17.8 Å². The van der Waals surface area contributed by atoms with Crippen LogP contribution in [0.2, 0.25) is 0 Å². The van der Waals surface area contributed by atoms with Gasteiger partial charge in [0, 0.05) is 24.5 Å². The highest BCUT2D eigenvalue weighted by Gasteiger charge is 2.34. The van der Waals surface area contributed by atoms with Gasteiger partial charge in [-0.15, -0.1) is 0 Å². The Hall–Kier alpha value is -1.65. The Labute approximate surface area is 87.4 Å². The molecule has 1 saturated heterocycles. The first-order valence-corrected chi connectivity index (χ1v) is 4.67. The van der Waals surface area contributed by atoms with Crippen LogP contribution in [0.1, 0.15) is 20.3 Å². The maximum atomic E-state index is 11.4. The standard InChI is InChI=1S/C10H13NO4/c1-6(10(14)15)3-4-11-8(12)5-7(2)9(11)13/h3,7H,4-5H2,1-2H3,(H,14,15). The molecule has 15 heavy (non-hydrogen) atoms. The number of amides is 2. The van der Waals surface area contributed by atoms with Crippen molar-refractivity contribution in [3.63, 3.8) is 0 Å². The SMILES string of the molecule is CC(=CCN1C(=O)CC(C)C1=O)C(=O)O. The van der Waals surface area contributed by atoms with E-state index in [4.69, 9.17) is 5.11 Å². The summed E-state index contributed by atoms with van der Waals surface area (Å²) in [5.41, 5.74) is 0.134. The Morgan fingerprint density at radius 3 is 2.60 bits per heavy atom. The molecule has 0 aromatic rings. The first kappa shape index (κ1) is 11.4. The van der Waals surface area contributed by atoms with E-state index in [2.05, 4.69) is 0 Å². The zero-order valence-corrected chi connectivity index (χ0v) is 8.69. The molecule has 0 saturated carbocycles. The van der Waals surface area contributed by atoms with Crippen LogP contribution in [0.15, 0.2) is 11.6 Å². The summed E-state index contributed by atoms with van der Waals surface area (Å²) < 4.78 is 0. The third-order valence-corrected chi connectivity index (χ3v) is 2.39. The number of hydrogen-bond acceptors (Lipinski definition) is 3. The van der Waals surface area contributed by atoms with Crippen LogP contribution < -0.4 is 0 Å². The number of rotatable bonds is 3. The molecule has 1 aliphatic rings. The molecule has 0 radical (unpaired) electrons. The van der Waals surface area contributed by atoms with E-state index in [1.807, 2.05) is 0 Å². The molecule has 0 aliphatic carbocycles. The Morgan fingerprint density at radius 1 is 1.60 bits per heavy atom. The smallest absolute Gasteiger partial charge is 0.331 e. The first-order valence-electron chi connectivity index (χ1n) is 4.67. The fraction of sp³-hybridized carbons (Fsp3) is 0.500. The second kappa shape index (κ2) is 4.25. The number of hydrogen-bond donors (Lipinski definition) is 1.